The number of aromatic nitrogens is 3. The summed E-state index contributed by atoms with van der Waals surface area (Å²) in [6.07, 6.45) is 1.81. The minimum absolute atomic E-state index is 0.492. The number of aldehydes is 1. The number of nitrogens with one attached hydrogen (secondary N) is 1. The van der Waals surface area contributed by atoms with Gasteiger partial charge in [-0.3, -0.25) is 4.90 Å². The van der Waals surface area contributed by atoms with Crippen molar-refractivity contribution in [2.45, 2.75) is 13.0 Å². The maximum atomic E-state index is 10.2. The molecular formula is C7H10N4O. The van der Waals surface area contributed by atoms with Crippen LogP contribution < -0.4 is 0 Å². The van der Waals surface area contributed by atoms with E-state index in [1.165, 1.54) is 0 Å². The van der Waals surface area contributed by atoms with Gasteiger partial charge in [-0.05, 0) is 0 Å². The van der Waals surface area contributed by atoms with Crippen LogP contribution in [0.25, 0.3) is 0 Å². The topological polar surface area (TPSA) is 61.9 Å². The molecule has 0 aromatic carbocycles. The predicted molar refractivity (Wildman–Crippen MR) is 41.4 cm³/mol. The van der Waals surface area contributed by atoms with E-state index in [1.54, 1.807) is 0 Å². The van der Waals surface area contributed by atoms with Crippen molar-refractivity contribution in [1.82, 2.24) is 20.3 Å². The van der Waals surface area contributed by atoms with Crippen LogP contribution in [0.15, 0.2) is 0 Å². The van der Waals surface area contributed by atoms with E-state index < -0.39 is 0 Å². The molecule has 0 saturated heterocycles. The van der Waals surface area contributed by atoms with E-state index >= 15 is 0 Å². The zero-order chi connectivity index (χ0) is 8.39. The maximum absolute atomic E-state index is 10.2. The van der Waals surface area contributed by atoms with Crippen LogP contribution in [-0.4, -0.2) is 39.7 Å². The monoisotopic (exact) mass is 166 g/mol. The zero-order valence-electron chi connectivity index (χ0n) is 6.66. The Kier molecular flexibility index (Phi) is 1.87. The Hall–Kier alpha value is -1.23. The molecule has 64 valence electrons. The fourth-order valence-corrected chi connectivity index (χ4v) is 1.42. The first-order valence-electron chi connectivity index (χ1n) is 3.94. The number of H-pyrrole nitrogens is 1. The van der Waals surface area contributed by atoms with E-state index in [-0.39, 0.29) is 0 Å². The number of nitrogens with zero attached hydrogens (tertiary/aromatic N) is 3. The van der Waals surface area contributed by atoms with E-state index in [2.05, 4.69) is 20.3 Å². The van der Waals surface area contributed by atoms with Crippen LogP contribution >= 0.6 is 0 Å². The second-order valence-electron chi connectivity index (χ2n) is 2.87. The van der Waals surface area contributed by atoms with Gasteiger partial charge >= 0.3 is 0 Å². The van der Waals surface area contributed by atoms with E-state index in [9.17, 15) is 4.79 Å². The van der Waals surface area contributed by atoms with Gasteiger partial charge in [-0.15, -0.1) is 0 Å². The summed E-state index contributed by atoms with van der Waals surface area (Å²) < 4.78 is 0. The molecule has 0 unspecified atom stereocenters. The minimum atomic E-state index is 0.492. The molecule has 1 aromatic rings. The van der Waals surface area contributed by atoms with E-state index in [0.29, 0.717) is 6.54 Å². The molecule has 0 fully saturated rings. The van der Waals surface area contributed by atoms with Gasteiger partial charge in [0.25, 0.3) is 0 Å². The second kappa shape index (κ2) is 3.02. The molecule has 0 radical (unpaired) electrons. The van der Waals surface area contributed by atoms with Crippen molar-refractivity contribution in [3.8, 4) is 0 Å². The molecule has 0 atom stereocenters. The van der Waals surface area contributed by atoms with E-state index in [0.717, 1.165) is 37.2 Å². The summed E-state index contributed by atoms with van der Waals surface area (Å²) in [6.45, 7) is 2.13. The Bertz CT molecular complexity index is 283. The Morgan fingerprint density at radius 2 is 2.33 bits per heavy atom. The zero-order valence-corrected chi connectivity index (χ0v) is 6.66. The van der Waals surface area contributed by atoms with Crippen LogP contribution in [0.3, 0.4) is 0 Å². The molecule has 5 nitrogen and oxygen atoms in total. The van der Waals surface area contributed by atoms with Crippen molar-refractivity contribution in [1.29, 1.82) is 0 Å². The summed E-state index contributed by atoms with van der Waals surface area (Å²) in [4.78, 5) is 12.3. The molecule has 2 rings (SSSR count). The normalized spacial score (nSPS) is 17.3. The Labute approximate surface area is 69.8 Å². The molecule has 0 spiro atoms. The number of hydrogen-bond donors (Lipinski definition) is 1. The third-order valence-corrected chi connectivity index (χ3v) is 2.07. The largest absolute Gasteiger partial charge is 0.302 e. The SMILES string of the molecule is O=CCN1CCc2n[nH]nc2C1. The summed E-state index contributed by atoms with van der Waals surface area (Å²) in [5.41, 5.74) is 2.01. The van der Waals surface area contributed by atoms with Crippen LogP contribution in [0.1, 0.15) is 11.4 Å². The summed E-state index contributed by atoms with van der Waals surface area (Å²) in [6, 6.07) is 0. The third kappa shape index (κ3) is 1.23. The molecule has 0 saturated carbocycles. The van der Waals surface area contributed by atoms with Crippen molar-refractivity contribution in [2.75, 3.05) is 13.1 Å². The molecule has 0 aliphatic carbocycles. The fourth-order valence-electron chi connectivity index (χ4n) is 1.42. The van der Waals surface area contributed by atoms with Crippen LogP contribution in [0.5, 0.6) is 0 Å². The third-order valence-electron chi connectivity index (χ3n) is 2.07. The van der Waals surface area contributed by atoms with Gasteiger partial charge in [-0.1, -0.05) is 0 Å². The minimum Gasteiger partial charge on any atom is -0.302 e. The summed E-state index contributed by atoms with van der Waals surface area (Å²) >= 11 is 0. The lowest BCUT2D eigenvalue weighted by Gasteiger charge is -2.22. The first kappa shape index (κ1) is 7.42. The van der Waals surface area contributed by atoms with Crippen LogP contribution in [0.4, 0.5) is 0 Å². The van der Waals surface area contributed by atoms with Crippen LogP contribution in [0.2, 0.25) is 0 Å². The molecular weight excluding hydrogens is 156 g/mol. The van der Waals surface area contributed by atoms with Crippen molar-refractivity contribution in [2.24, 2.45) is 0 Å². The van der Waals surface area contributed by atoms with Crippen molar-refractivity contribution in [3.05, 3.63) is 11.4 Å². The predicted octanol–water partition coefficient (Wildman–Crippen LogP) is -0.638. The average molecular weight is 166 g/mol. The van der Waals surface area contributed by atoms with E-state index in [4.69, 9.17) is 0 Å². The van der Waals surface area contributed by atoms with Gasteiger partial charge in [0.15, 0.2) is 0 Å². The van der Waals surface area contributed by atoms with Crippen molar-refractivity contribution >= 4 is 6.29 Å². The van der Waals surface area contributed by atoms with E-state index in [1.807, 2.05) is 0 Å². The second-order valence-corrected chi connectivity index (χ2v) is 2.87. The maximum Gasteiger partial charge on any atom is 0.133 e. The molecule has 0 amide bonds. The Balaban J connectivity index is 2.09. The number of aromatic amines is 1. The van der Waals surface area contributed by atoms with Crippen LogP contribution in [0, 0.1) is 0 Å². The number of hydrogen-bond acceptors (Lipinski definition) is 4. The van der Waals surface area contributed by atoms with Crippen LogP contribution in [-0.2, 0) is 17.8 Å². The van der Waals surface area contributed by atoms with Gasteiger partial charge < -0.3 is 4.79 Å². The van der Waals surface area contributed by atoms with Crippen molar-refractivity contribution < 1.29 is 4.79 Å². The lowest BCUT2D eigenvalue weighted by Crippen LogP contribution is -2.31. The highest BCUT2D eigenvalue weighted by Gasteiger charge is 2.18. The van der Waals surface area contributed by atoms with Gasteiger partial charge in [-0.2, -0.15) is 15.4 Å². The smallest absolute Gasteiger partial charge is 0.133 e. The first-order valence-corrected chi connectivity index (χ1v) is 3.94. The summed E-state index contributed by atoms with van der Waals surface area (Å²) in [7, 11) is 0. The van der Waals surface area contributed by atoms with Gasteiger partial charge in [0.1, 0.15) is 6.29 Å². The molecule has 12 heavy (non-hydrogen) atoms. The lowest BCUT2D eigenvalue weighted by molar-refractivity contribution is -0.109. The molecule has 2 heterocycles. The number of carbonyl (C=O) groups is 1. The van der Waals surface area contributed by atoms with Gasteiger partial charge in [0, 0.05) is 19.5 Å². The molecule has 1 aromatic heterocycles. The first-order chi connectivity index (χ1) is 5.90. The number of rotatable bonds is 2. The highest BCUT2D eigenvalue weighted by atomic mass is 16.1. The fraction of sp³-hybridized carbons (Fsp3) is 0.571. The average Bonchev–Trinajstić information content (AvgIpc) is 2.51. The molecule has 1 N–H and O–H groups in total. The quantitative estimate of drug-likeness (QED) is 0.594. The standard InChI is InChI=1S/C7H10N4O/c12-4-3-11-2-1-6-7(5-11)9-10-8-6/h4H,1-3,5H2,(H,8,9,10). The van der Waals surface area contributed by atoms with Gasteiger partial charge in [-0.25, -0.2) is 0 Å². The Morgan fingerprint density at radius 3 is 3.17 bits per heavy atom. The number of carbonyl (C=O) groups excluding carboxylic acids is 1. The van der Waals surface area contributed by atoms with Crippen molar-refractivity contribution in [3.63, 3.8) is 0 Å². The molecule has 1 aliphatic heterocycles. The summed E-state index contributed by atoms with van der Waals surface area (Å²) in [5, 5.41) is 10.6. The van der Waals surface area contributed by atoms with Gasteiger partial charge in [0.2, 0.25) is 0 Å². The Morgan fingerprint density at radius 1 is 1.50 bits per heavy atom. The van der Waals surface area contributed by atoms with Gasteiger partial charge in [0.05, 0.1) is 17.9 Å². The highest BCUT2D eigenvalue weighted by molar-refractivity contribution is 5.52. The molecule has 5 heteroatoms. The highest BCUT2D eigenvalue weighted by Crippen LogP contribution is 2.12. The lowest BCUT2D eigenvalue weighted by atomic mass is 10.1. The molecule has 1 aliphatic rings. The number of fused-ring (bicyclic) bond motifs is 1. The summed E-state index contributed by atoms with van der Waals surface area (Å²) in [5.74, 6) is 0. The molecule has 0 bridgehead atoms.